The van der Waals surface area contributed by atoms with Crippen molar-refractivity contribution in [1.29, 1.82) is 0 Å². The monoisotopic (exact) mass is 1260 g/mol. The predicted molar refractivity (Wildman–Crippen MR) is 263 cm³/mol. The van der Waals surface area contributed by atoms with E-state index >= 15 is 0 Å². The summed E-state index contributed by atoms with van der Waals surface area (Å²) in [5.41, 5.74) is 0. The molecule has 0 radical (unpaired) electrons. The number of methoxy groups -OCH3 is 1. The van der Waals surface area contributed by atoms with E-state index in [1.165, 1.54) is 31.4 Å². The van der Waals surface area contributed by atoms with Gasteiger partial charge in [0, 0.05) is 0 Å². The number of aliphatic hydroxyl groups excluding tert-OH is 22. The van der Waals surface area contributed by atoms with Crippen LogP contribution in [0.5, 0.6) is 11.5 Å². The summed E-state index contributed by atoms with van der Waals surface area (Å²) in [6, 6.07) is 5.95. The van der Waals surface area contributed by atoms with E-state index in [0.717, 1.165) is 0 Å². The molecule has 0 aromatic heterocycles. The molecule has 0 amide bonds. The van der Waals surface area contributed by atoms with Gasteiger partial charge < -0.3 is 183 Å². The van der Waals surface area contributed by atoms with E-state index in [1.54, 1.807) is 0 Å². The Morgan fingerprint density at radius 3 is 0.686 bits per heavy atom. The number of hydrogen-bond acceptors (Lipinski definition) is 37. The number of rotatable bonds is 22. The van der Waals surface area contributed by atoms with Crippen LogP contribution in [0.15, 0.2) is 24.3 Å². The highest BCUT2D eigenvalue weighted by Crippen LogP contribution is 2.38. The van der Waals surface area contributed by atoms with Crippen LogP contribution in [-0.2, 0) is 61.6 Å². The Bertz CT molecular complexity index is 2200. The summed E-state index contributed by atoms with van der Waals surface area (Å²) in [7, 11) is 1.42. The summed E-state index contributed by atoms with van der Waals surface area (Å²) in [6.07, 6.45) is -69.7. The van der Waals surface area contributed by atoms with Gasteiger partial charge in [0.1, 0.15) is 182 Å². The lowest BCUT2D eigenvalue weighted by Crippen LogP contribution is -2.69. The molecule has 37 nitrogen and oxygen atoms in total. The Kier molecular flexibility index (Phi) is 24.4. The molecule has 7 aliphatic rings. The first-order chi connectivity index (χ1) is 41.0. The molecule has 7 aliphatic heterocycles. The Balaban J connectivity index is 0.964. The van der Waals surface area contributed by atoms with Gasteiger partial charge in [-0.05, 0) is 24.3 Å². The molecule has 0 unspecified atom stereocenters. The highest BCUT2D eigenvalue weighted by molar-refractivity contribution is 5.31. The minimum atomic E-state index is -2.34. The van der Waals surface area contributed by atoms with Crippen LogP contribution in [0.25, 0.3) is 0 Å². The van der Waals surface area contributed by atoms with E-state index < -0.39 is 261 Å². The van der Waals surface area contributed by atoms with Crippen LogP contribution in [0.2, 0.25) is 0 Å². The first-order valence-electron chi connectivity index (χ1n) is 27.3. The summed E-state index contributed by atoms with van der Waals surface area (Å²) in [5, 5.41) is 239. The molecule has 7 saturated heterocycles. The second kappa shape index (κ2) is 30.2. The molecule has 496 valence electrons. The van der Waals surface area contributed by atoms with Crippen molar-refractivity contribution >= 4 is 0 Å². The van der Waals surface area contributed by atoms with Gasteiger partial charge in [-0.1, -0.05) is 0 Å². The fourth-order valence-electron chi connectivity index (χ4n) is 10.8. The van der Waals surface area contributed by atoms with Crippen molar-refractivity contribution in [2.24, 2.45) is 0 Å². The Morgan fingerprint density at radius 1 is 0.256 bits per heavy atom. The fraction of sp³-hybridized carbons (Fsp3) is 0.878. The molecule has 7 heterocycles. The van der Waals surface area contributed by atoms with E-state index in [-0.39, 0.29) is 5.75 Å². The molecule has 35 atom stereocenters. The van der Waals surface area contributed by atoms with E-state index in [1.807, 2.05) is 0 Å². The molecular weight excluding hydrogens is 1180 g/mol. The quantitative estimate of drug-likeness (QED) is 0.0513. The standard InChI is InChI=1S/C49H78O37/c1-72-13-2-4-14(5-3-13)73-44-31(66)37(23(58)16(7-51)75-44)82-46-33(68)39(25(60)18(9-53)77-46)84-48-35(70)41(27(62)20(11-55)79-48)86-49-36(71)42(28(63)21(12-56)80-49)85-47-34(69)40(26(61)19(10-54)78-47)83-45-32(67)38(24(59)17(8-52)76-45)81-43-30(65)29(64)22(57)15(6-50)74-43/h2-5,15-71H,6-12H2,1H3/t15-,16-,17-,18-,19-,20-,21-,22-,23-,24-,25-,26-,27-,28-,29+,30-,31-,32-,33-,34-,35-,36-,37+,38+,39+,40+,41+,42+,43-,44-,45+,46+,47-,48-,49+/m1/s1. The molecule has 0 bridgehead atoms. The minimum Gasteiger partial charge on any atom is -0.497 e. The van der Waals surface area contributed by atoms with E-state index in [4.69, 9.17) is 71.1 Å². The van der Waals surface area contributed by atoms with E-state index in [0.29, 0.717) is 5.75 Å². The first kappa shape index (κ1) is 69.3. The van der Waals surface area contributed by atoms with Crippen LogP contribution < -0.4 is 9.47 Å². The van der Waals surface area contributed by atoms with Gasteiger partial charge in [0.15, 0.2) is 37.7 Å². The smallest absolute Gasteiger partial charge is 0.229 e. The third-order valence-electron chi connectivity index (χ3n) is 15.8. The molecule has 8 rings (SSSR count). The van der Waals surface area contributed by atoms with E-state index in [9.17, 15) is 112 Å². The topological polar surface area (TPSA) is 584 Å². The summed E-state index contributed by atoms with van der Waals surface area (Å²) in [5.74, 6) is 0.578. The van der Waals surface area contributed by atoms with E-state index in [2.05, 4.69) is 0 Å². The van der Waals surface area contributed by atoms with Gasteiger partial charge in [0.25, 0.3) is 0 Å². The molecule has 1 aromatic rings. The lowest BCUT2D eigenvalue weighted by atomic mass is 9.95. The Hall–Kier alpha value is -2.58. The molecule has 7 fully saturated rings. The lowest BCUT2D eigenvalue weighted by Gasteiger charge is -2.50. The number of aliphatic hydroxyl groups is 22. The zero-order valence-electron chi connectivity index (χ0n) is 45.4. The van der Waals surface area contributed by atoms with Crippen molar-refractivity contribution < 1.29 is 183 Å². The molecule has 86 heavy (non-hydrogen) atoms. The third-order valence-corrected chi connectivity index (χ3v) is 15.8. The second-order valence-electron chi connectivity index (χ2n) is 21.3. The molecule has 37 heteroatoms. The van der Waals surface area contributed by atoms with Gasteiger partial charge in [0.2, 0.25) is 6.29 Å². The van der Waals surface area contributed by atoms with Crippen LogP contribution in [0.1, 0.15) is 0 Å². The largest absolute Gasteiger partial charge is 0.497 e. The van der Waals surface area contributed by atoms with Crippen LogP contribution in [0.3, 0.4) is 0 Å². The van der Waals surface area contributed by atoms with Crippen molar-refractivity contribution in [2.75, 3.05) is 53.4 Å². The normalized spacial score (nSPS) is 49.5. The summed E-state index contributed by atoms with van der Waals surface area (Å²) in [4.78, 5) is 0. The van der Waals surface area contributed by atoms with Crippen LogP contribution in [0, 0.1) is 0 Å². The Labute approximate surface area is 486 Å². The molecule has 0 saturated carbocycles. The van der Waals surface area contributed by atoms with Gasteiger partial charge in [-0.2, -0.15) is 0 Å². The number of benzene rings is 1. The maximum absolute atomic E-state index is 11.8. The minimum absolute atomic E-state index is 0.130. The van der Waals surface area contributed by atoms with Gasteiger partial charge in [0.05, 0.1) is 53.4 Å². The Morgan fingerprint density at radius 2 is 0.453 bits per heavy atom. The van der Waals surface area contributed by atoms with Crippen LogP contribution >= 0.6 is 0 Å². The maximum atomic E-state index is 11.8. The number of ether oxygens (including phenoxy) is 15. The average molecular weight is 1260 g/mol. The molecule has 0 spiro atoms. The first-order valence-corrected chi connectivity index (χ1v) is 27.3. The highest BCUT2D eigenvalue weighted by atomic mass is 16.8. The zero-order valence-corrected chi connectivity index (χ0v) is 45.4. The fourth-order valence-corrected chi connectivity index (χ4v) is 10.8. The molecule has 22 N–H and O–H groups in total. The van der Waals surface area contributed by atoms with Gasteiger partial charge in [-0.15, -0.1) is 0 Å². The van der Waals surface area contributed by atoms with Gasteiger partial charge in [-0.25, -0.2) is 0 Å². The van der Waals surface area contributed by atoms with Crippen molar-refractivity contribution in [1.82, 2.24) is 0 Å². The SMILES string of the molecule is COc1ccc(O[C@@H]2O[C@H](CO)[C@@H](O)[C@H](O[C@@H]3O[C@H](CO)[C@@H](O)[C@H](O[C@H]4O[C@H](CO)[C@@H](O)[C@H](O[C@@H]5O[C@H](CO)[C@@H](O)[C@H](O[C@H]6O[C@H](CO)[C@@H](O)[C@H](O[C@@H]7O[C@H](CO)[C@@H](O)[C@H](O[C@H]8O[C@H](CO)[C@@H](O)[C@H](O)[C@H]8O)[C@H]7O)[C@H]6O)[C@H]5O)[C@H]4O)[C@H]3O)[C@H]2O)cc1. The van der Waals surface area contributed by atoms with Gasteiger partial charge in [-0.3, -0.25) is 0 Å². The molecule has 1 aromatic carbocycles. The molecular formula is C49H78O37. The van der Waals surface area contributed by atoms with Gasteiger partial charge >= 0.3 is 0 Å². The third kappa shape index (κ3) is 14.4. The lowest BCUT2D eigenvalue weighted by molar-refractivity contribution is -0.400. The summed E-state index contributed by atoms with van der Waals surface area (Å²) in [6.45, 7) is -7.02. The average Bonchev–Trinajstić information content (AvgIpc) is 1.66. The highest BCUT2D eigenvalue weighted by Gasteiger charge is 2.59. The second-order valence-corrected chi connectivity index (χ2v) is 21.3. The summed E-state index contributed by atoms with van der Waals surface area (Å²) >= 11 is 0. The summed E-state index contributed by atoms with van der Waals surface area (Å²) < 4.78 is 84.4. The zero-order chi connectivity index (χ0) is 62.7. The predicted octanol–water partition coefficient (Wildman–Crippen LogP) is -14.2. The molecule has 0 aliphatic carbocycles. The van der Waals surface area contributed by atoms with Crippen molar-refractivity contribution in [3.63, 3.8) is 0 Å². The maximum Gasteiger partial charge on any atom is 0.229 e. The van der Waals surface area contributed by atoms with Crippen LogP contribution in [-0.4, -0.2) is 381 Å². The van der Waals surface area contributed by atoms with Crippen molar-refractivity contribution in [3.05, 3.63) is 24.3 Å². The number of hydrogen-bond donors (Lipinski definition) is 22. The van der Waals surface area contributed by atoms with Crippen LogP contribution in [0.4, 0.5) is 0 Å². The van der Waals surface area contributed by atoms with Crippen molar-refractivity contribution in [3.8, 4) is 11.5 Å². The van der Waals surface area contributed by atoms with Crippen molar-refractivity contribution in [2.45, 2.75) is 215 Å².